The molecule has 1 aromatic rings. The highest BCUT2D eigenvalue weighted by Gasteiger charge is 2.16. The van der Waals surface area contributed by atoms with Crippen LogP contribution in [-0.2, 0) is 11.3 Å². The number of amides is 1. The Hall–Kier alpha value is -1.66. The Balaban J connectivity index is 0.00000220. The lowest BCUT2D eigenvalue weighted by atomic mass is 10.1. The fourth-order valence-electron chi connectivity index (χ4n) is 2.43. The minimum atomic E-state index is -0.427. The molecule has 7 heteroatoms. The topological polar surface area (TPSA) is 84.3 Å². The fourth-order valence-corrected chi connectivity index (χ4v) is 2.43. The van der Waals surface area contributed by atoms with Crippen LogP contribution in [0.4, 0.5) is 5.69 Å². The van der Waals surface area contributed by atoms with Gasteiger partial charge < -0.3 is 10.6 Å². The lowest BCUT2D eigenvalue weighted by Crippen LogP contribution is -2.27. The molecule has 0 radical (unpaired) electrons. The monoisotopic (exact) mass is 313 g/mol. The molecule has 1 fully saturated rings. The third-order valence-corrected chi connectivity index (χ3v) is 3.55. The normalized spacial score (nSPS) is 17.0. The van der Waals surface area contributed by atoms with Crippen molar-refractivity contribution in [3.05, 3.63) is 39.9 Å². The summed E-state index contributed by atoms with van der Waals surface area (Å²) in [7, 11) is 0. The molecule has 1 atom stereocenters. The highest BCUT2D eigenvalue weighted by Crippen LogP contribution is 2.17. The number of hydrogen-bond donors (Lipinski definition) is 2. The maximum Gasteiger partial charge on any atom is 0.274 e. The number of carbonyl (C=O) groups is 1. The SMILES string of the molecule is Cl.O=C(CCC1CCCN1)NCc1ccccc1[N+](=O)[O-]. The smallest absolute Gasteiger partial charge is 0.274 e. The predicted octanol–water partition coefficient (Wildman–Crippen LogP) is 2.17. The van der Waals surface area contributed by atoms with Crippen LogP contribution in [0.3, 0.4) is 0 Å². The Morgan fingerprint density at radius 3 is 2.86 bits per heavy atom. The van der Waals surface area contributed by atoms with Crippen molar-refractivity contribution in [1.82, 2.24) is 10.6 Å². The molecular formula is C14H20ClN3O3. The lowest BCUT2D eigenvalue weighted by molar-refractivity contribution is -0.385. The number of rotatable bonds is 6. The second-order valence-corrected chi connectivity index (χ2v) is 4.99. The van der Waals surface area contributed by atoms with E-state index in [1.54, 1.807) is 18.2 Å². The van der Waals surface area contributed by atoms with Gasteiger partial charge in [0.05, 0.1) is 4.92 Å². The van der Waals surface area contributed by atoms with E-state index in [0.717, 1.165) is 19.4 Å². The quantitative estimate of drug-likeness (QED) is 0.622. The number of carbonyl (C=O) groups excluding carboxylic acids is 1. The Bertz CT molecular complexity index is 490. The van der Waals surface area contributed by atoms with Crippen LogP contribution >= 0.6 is 12.4 Å². The number of nitro groups is 1. The lowest BCUT2D eigenvalue weighted by Gasteiger charge is -2.10. The van der Waals surface area contributed by atoms with E-state index in [1.165, 1.54) is 12.5 Å². The first kappa shape index (κ1) is 17.4. The molecule has 1 saturated heterocycles. The zero-order valence-corrected chi connectivity index (χ0v) is 12.5. The van der Waals surface area contributed by atoms with Crippen molar-refractivity contribution < 1.29 is 9.72 Å². The summed E-state index contributed by atoms with van der Waals surface area (Å²) in [5.41, 5.74) is 0.579. The largest absolute Gasteiger partial charge is 0.352 e. The molecule has 1 heterocycles. The molecule has 1 aliphatic heterocycles. The molecule has 0 aromatic heterocycles. The average Bonchev–Trinajstić information content (AvgIpc) is 2.96. The van der Waals surface area contributed by atoms with Gasteiger partial charge in [0.1, 0.15) is 0 Å². The van der Waals surface area contributed by atoms with Gasteiger partial charge in [-0.25, -0.2) is 0 Å². The highest BCUT2D eigenvalue weighted by molar-refractivity contribution is 5.85. The molecule has 0 bridgehead atoms. The fraction of sp³-hybridized carbons (Fsp3) is 0.500. The molecule has 1 unspecified atom stereocenters. The van der Waals surface area contributed by atoms with Crippen molar-refractivity contribution in [1.29, 1.82) is 0 Å². The van der Waals surface area contributed by atoms with Gasteiger partial charge in [-0.15, -0.1) is 12.4 Å². The van der Waals surface area contributed by atoms with E-state index in [2.05, 4.69) is 10.6 Å². The summed E-state index contributed by atoms with van der Waals surface area (Å²) in [4.78, 5) is 22.2. The Labute approximate surface area is 129 Å². The first-order valence-corrected chi connectivity index (χ1v) is 6.89. The summed E-state index contributed by atoms with van der Waals surface area (Å²) in [6.07, 6.45) is 3.57. The summed E-state index contributed by atoms with van der Waals surface area (Å²) in [5.74, 6) is -0.0585. The first-order valence-electron chi connectivity index (χ1n) is 6.89. The Morgan fingerprint density at radius 1 is 1.43 bits per heavy atom. The molecule has 1 aliphatic rings. The molecule has 2 N–H and O–H groups in total. The highest BCUT2D eigenvalue weighted by atomic mass is 35.5. The average molecular weight is 314 g/mol. The molecule has 21 heavy (non-hydrogen) atoms. The minimum absolute atomic E-state index is 0. The second-order valence-electron chi connectivity index (χ2n) is 4.99. The van der Waals surface area contributed by atoms with Crippen molar-refractivity contribution in [3.63, 3.8) is 0 Å². The zero-order chi connectivity index (χ0) is 14.4. The van der Waals surface area contributed by atoms with E-state index in [9.17, 15) is 14.9 Å². The van der Waals surface area contributed by atoms with Gasteiger partial charge in [0.2, 0.25) is 5.91 Å². The van der Waals surface area contributed by atoms with E-state index in [0.29, 0.717) is 18.0 Å². The second kappa shape index (κ2) is 8.59. The van der Waals surface area contributed by atoms with Crippen molar-refractivity contribution >= 4 is 24.0 Å². The first-order chi connectivity index (χ1) is 9.66. The van der Waals surface area contributed by atoms with Crippen LogP contribution in [0.2, 0.25) is 0 Å². The van der Waals surface area contributed by atoms with E-state index >= 15 is 0 Å². The molecule has 2 rings (SSSR count). The molecule has 0 saturated carbocycles. The maximum atomic E-state index is 11.7. The van der Waals surface area contributed by atoms with E-state index in [4.69, 9.17) is 0 Å². The third kappa shape index (κ3) is 5.32. The molecular weight excluding hydrogens is 294 g/mol. The van der Waals surface area contributed by atoms with Crippen molar-refractivity contribution in [2.45, 2.75) is 38.3 Å². The molecule has 1 amide bonds. The van der Waals surface area contributed by atoms with E-state index < -0.39 is 4.92 Å². The molecule has 1 aromatic carbocycles. The number of nitro benzene ring substituents is 1. The Morgan fingerprint density at radius 2 is 2.19 bits per heavy atom. The van der Waals surface area contributed by atoms with Crippen LogP contribution in [0.1, 0.15) is 31.2 Å². The van der Waals surface area contributed by atoms with Gasteiger partial charge in [-0.2, -0.15) is 0 Å². The van der Waals surface area contributed by atoms with Gasteiger partial charge >= 0.3 is 0 Å². The molecule has 0 aliphatic carbocycles. The van der Waals surface area contributed by atoms with Gasteiger partial charge in [-0.1, -0.05) is 18.2 Å². The number of halogens is 1. The number of para-hydroxylation sites is 1. The summed E-state index contributed by atoms with van der Waals surface area (Å²) in [6.45, 7) is 1.23. The van der Waals surface area contributed by atoms with Crippen LogP contribution in [-0.4, -0.2) is 23.4 Å². The number of nitrogens with one attached hydrogen (secondary N) is 2. The van der Waals surface area contributed by atoms with Gasteiger partial charge in [0.25, 0.3) is 5.69 Å². The third-order valence-electron chi connectivity index (χ3n) is 3.55. The van der Waals surface area contributed by atoms with E-state index in [1.807, 2.05) is 0 Å². The Kier molecular flexibility index (Phi) is 7.11. The zero-order valence-electron chi connectivity index (χ0n) is 11.7. The number of nitrogens with zero attached hydrogens (tertiary/aromatic N) is 1. The van der Waals surface area contributed by atoms with Crippen molar-refractivity contribution in [2.75, 3.05) is 6.54 Å². The standard InChI is InChI=1S/C14H19N3O3.ClH/c18-14(8-7-12-5-3-9-15-12)16-10-11-4-1-2-6-13(11)17(19)20;/h1-2,4,6,12,15H,3,5,7-10H2,(H,16,18);1H. The van der Waals surface area contributed by atoms with Crippen LogP contribution in [0.25, 0.3) is 0 Å². The molecule has 6 nitrogen and oxygen atoms in total. The van der Waals surface area contributed by atoms with Gasteiger partial charge in [0, 0.05) is 30.6 Å². The summed E-state index contributed by atoms with van der Waals surface area (Å²) < 4.78 is 0. The predicted molar refractivity (Wildman–Crippen MR) is 82.4 cm³/mol. The van der Waals surface area contributed by atoms with Crippen molar-refractivity contribution in [3.8, 4) is 0 Å². The molecule has 0 spiro atoms. The number of hydrogen-bond acceptors (Lipinski definition) is 4. The van der Waals surface area contributed by atoms with Crippen LogP contribution in [0, 0.1) is 10.1 Å². The molecule has 116 valence electrons. The number of benzene rings is 1. The minimum Gasteiger partial charge on any atom is -0.352 e. The van der Waals surface area contributed by atoms with Gasteiger partial charge in [0.15, 0.2) is 0 Å². The van der Waals surface area contributed by atoms with Crippen molar-refractivity contribution in [2.24, 2.45) is 0 Å². The summed E-state index contributed by atoms with van der Waals surface area (Å²) >= 11 is 0. The van der Waals surface area contributed by atoms with Crippen LogP contribution in [0.5, 0.6) is 0 Å². The summed E-state index contributed by atoms with van der Waals surface area (Å²) in [5, 5.41) is 16.9. The van der Waals surface area contributed by atoms with Crippen LogP contribution < -0.4 is 10.6 Å². The maximum absolute atomic E-state index is 11.7. The van der Waals surface area contributed by atoms with Crippen LogP contribution in [0.15, 0.2) is 24.3 Å². The van der Waals surface area contributed by atoms with E-state index in [-0.39, 0.29) is 30.5 Å². The van der Waals surface area contributed by atoms with Gasteiger partial charge in [-0.3, -0.25) is 14.9 Å². The summed E-state index contributed by atoms with van der Waals surface area (Å²) in [6, 6.07) is 6.90. The van der Waals surface area contributed by atoms with Gasteiger partial charge in [-0.05, 0) is 25.8 Å².